The number of rotatable bonds is 1. The standard InChI is InChI=1S/C11H11N5/c1-8-6-10-9(7-13-8)14-15-16(10)11-4-2-3-5-12-11/h2-7,14-15H,1H3. The van der Waals surface area contributed by atoms with Gasteiger partial charge in [0.15, 0.2) is 0 Å². The van der Waals surface area contributed by atoms with Crippen LogP contribution in [0.4, 0.5) is 17.2 Å². The number of nitrogens with one attached hydrogen (secondary N) is 2. The summed E-state index contributed by atoms with van der Waals surface area (Å²) >= 11 is 0. The van der Waals surface area contributed by atoms with Crippen molar-refractivity contribution in [2.24, 2.45) is 0 Å². The molecule has 2 N–H and O–H groups in total. The summed E-state index contributed by atoms with van der Waals surface area (Å²) in [7, 11) is 0. The number of anilines is 3. The van der Waals surface area contributed by atoms with E-state index in [9.17, 15) is 0 Å². The molecule has 2 aromatic rings. The predicted molar refractivity (Wildman–Crippen MR) is 62.1 cm³/mol. The molecule has 0 amide bonds. The predicted octanol–water partition coefficient (Wildman–Crippen LogP) is 1.77. The first-order chi connectivity index (χ1) is 7.84. The SMILES string of the molecule is Cc1cc2c(cn1)NNN2c1ccccn1. The summed E-state index contributed by atoms with van der Waals surface area (Å²) in [6.07, 6.45) is 3.57. The minimum absolute atomic E-state index is 0.847. The highest BCUT2D eigenvalue weighted by molar-refractivity contribution is 5.77. The Bertz CT molecular complexity index is 511. The van der Waals surface area contributed by atoms with E-state index in [4.69, 9.17) is 0 Å². The molecule has 16 heavy (non-hydrogen) atoms. The lowest BCUT2D eigenvalue weighted by Gasteiger charge is -2.16. The van der Waals surface area contributed by atoms with Gasteiger partial charge in [-0.2, -0.15) is 0 Å². The van der Waals surface area contributed by atoms with E-state index in [0.717, 1.165) is 22.9 Å². The molecule has 0 aromatic carbocycles. The van der Waals surface area contributed by atoms with Crippen LogP contribution in [0, 0.1) is 6.92 Å². The van der Waals surface area contributed by atoms with Crippen molar-refractivity contribution in [2.45, 2.75) is 6.92 Å². The maximum absolute atomic E-state index is 4.29. The zero-order chi connectivity index (χ0) is 11.0. The van der Waals surface area contributed by atoms with Crippen LogP contribution in [0.5, 0.6) is 0 Å². The van der Waals surface area contributed by atoms with Crippen molar-refractivity contribution >= 4 is 17.2 Å². The van der Waals surface area contributed by atoms with Gasteiger partial charge in [-0.3, -0.25) is 10.4 Å². The minimum Gasteiger partial charge on any atom is -0.300 e. The first-order valence-corrected chi connectivity index (χ1v) is 5.04. The molecule has 5 nitrogen and oxygen atoms in total. The first kappa shape index (κ1) is 9.11. The van der Waals surface area contributed by atoms with E-state index in [2.05, 4.69) is 20.9 Å². The molecule has 0 spiro atoms. The number of fused-ring (bicyclic) bond motifs is 1. The van der Waals surface area contributed by atoms with Gasteiger partial charge in [-0.1, -0.05) is 6.07 Å². The fraction of sp³-hybridized carbons (Fsp3) is 0.0909. The maximum atomic E-state index is 4.29. The molecule has 0 aliphatic carbocycles. The van der Waals surface area contributed by atoms with Gasteiger partial charge in [0.1, 0.15) is 5.82 Å². The molecule has 0 atom stereocenters. The van der Waals surface area contributed by atoms with E-state index in [1.165, 1.54) is 0 Å². The van der Waals surface area contributed by atoms with E-state index in [0.29, 0.717) is 0 Å². The zero-order valence-corrected chi connectivity index (χ0v) is 8.81. The Morgan fingerprint density at radius 2 is 2.19 bits per heavy atom. The second kappa shape index (κ2) is 3.46. The molecular weight excluding hydrogens is 202 g/mol. The van der Waals surface area contributed by atoms with Gasteiger partial charge in [0.05, 0.1) is 17.6 Å². The Morgan fingerprint density at radius 3 is 3.00 bits per heavy atom. The van der Waals surface area contributed by atoms with E-state index < -0.39 is 0 Å². The monoisotopic (exact) mass is 213 g/mol. The quantitative estimate of drug-likeness (QED) is 0.756. The van der Waals surface area contributed by atoms with Gasteiger partial charge >= 0.3 is 0 Å². The summed E-state index contributed by atoms with van der Waals surface area (Å²) in [6, 6.07) is 7.80. The smallest absolute Gasteiger partial charge is 0.148 e. The molecule has 3 heterocycles. The first-order valence-electron chi connectivity index (χ1n) is 5.04. The van der Waals surface area contributed by atoms with Gasteiger partial charge in [0.25, 0.3) is 0 Å². The van der Waals surface area contributed by atoms with Gasteiger partial charge in [-0.15, -0.1) is 5.53 Å². The lowest BCUT2D eigenvalue weighted by molar-refractivity contribution is 0.846. The Labute approximate surface area is 93.1 Å². The molecule has 1 aliphatic heterocycles. The number of hydrazine groups is 2. The normalized spacial score (nSPS) is 13.4. The third-order valence-corrected chi connectivity index (χ3v) is 2.44. The Hall–Kier alpha value is -2.14. The van der Waals surface area contributed by atoms with Crippen LogP contribution in [0.2, 0.25) is 0 Å². The average molecular weight is 213 g/mol. The van der Waals surface area contributed by atoms with Gasteiger partial charge in [-0.25, -0.2) is 9.99 Å². The van der Waals surface area contributed by atoms with Gasteiger partial charge < -0.3 is 0 Å². The molecule has 0 saturated heterocycles. The number of nitrogens with zero attached hydrogens (tertiary/aromatic N) is 3. The van der Waals surface area contributed by atoms with Gasteiger partial charge in [0.2, 0.25) is 0 Å². The van der Waals surface area contributed by atoms with Crippen LogP contribution in [-0.2, 0) is 0 Å². The lowest BCUT2D eigenvalue weighted by atomic mass is 10.3. The summed E-state index contributed by atoms with van der Waals surface area (Å²) in [6.45, 7) is 1.97. The summed E-state index contributed by atoms with van der Waals surface area (Å²) in [5.41, 5.74) is 9.06. The topological polar surface area (TPSA) is 53.1 Å². The van der Waals surface area contributed by atoms with E-state index in [1.807, 2.05) is 36.2 Å². The Kier molecular flexibility index (Phi) is 1.97. The third kappa shape index (κ3) is 1.38. The number of hydrogen-bond donors (Lipinski definition) is 2. The fourth-order valence-electron chi connectivity index (χ4n) is 1.67. The molecule has 2 aromatic heterocycles. The van der Waals surface area contributed by atoms with Crippen molar-refractivity contribution in [3.05, 3.63) is 42.4 Å². The highest BCUT2D eigenvalue weighted by Crippen LogP contribution is 2.32. The molecule has 0 radical (unpaired) electrons. The second-order valence-electron chi connectivity index (χ2n) is 3.60. The summed E-state index contributed by atoms with van der Waals surface area (Å²) in [4.78, 5) is 8.52. The highest BCUT2D eigenvalue weighted by Gasteiger charge is 2.20. The number of aryl methyl sites for hydroxylation is 1. The molecule has 0 unspecified atom stereocenters. The van der Waals surface area contributed by atoms with Crippen LogP contribution in [-0.4, -0.2) is 9.97 Å². The average Bonchev–Trinajstić information content (AvgIpc) is 2.73. The molecule has 5 heteroatoms. The largest absolute Gasteiger partial charge is 0.300 e. The van der Waals surface area contributed by atoms with Crippen molar-refractivity contribution in [1.82, 2.24) is 15.5 Å². The number of pyridine rings is 2. The van der Waals surface area contributed by atoms with Crippen molar-refractivity contribution < 1.29 is 0 Å². The van der Waals surface area contributed by atoms with Crippen LogP contribution in [0.1, 0.15) is 5.69 Å². The molecule has 0 saturated carbocycles. The van der Waals surface area contributed by atoms with Crippen molar-refractivity contribution in [3.8, 4) is 0 Å². The number of hydrogen-bond acceptors (Lipinski definition) is 5. The van der Waals surface area contributed by atoms with Crippen LogP contribution in [0.15, 0.2) is 36.7 Å². The van der Waals surface area contributed by atoms with Crippen LogP contribution < -0.4 is 16.0 Å². The third-order valence-electron chi connectivity index (χ3n) is 2.44. The Balaban J connectivity index is 2.06. The zero-order valence-electron chi connectivity index (χ0n) is 8.81. The maximum Gasteiger partial charge on any atom is 0.148 e. The molecule has 0 bridgehead atoms. The van der Waals surface area contributed by atoms with Crippen LogP contribution in [0.3, 0.4) is 0 Å². The van der Waals surface area contributed by atoms with Crippen molar-refractivity contribution in [1.29, 1.82) is 0 Å². The molecule has 3 rings (SSSR count). The molecule has 80 valence electrons. The molecular formula is C11H11N5. The fourth-order valence-corrected chi connectivity index (χ4v) is 1.67. The van der Waals surface area contributed by atoms with Crippen molar-refractivity contribution in [3.63, 3.8) is 0 Å². The van der Waals surface area contributed by atoms with E-state index in [-0.39, 0.29) is 0 Å². The van der Waals surface area contributed by atoms with Crippen molar-refractivity contribution in [2.75, 3.05) is 10.4 Å². The minimum atomic E-state index is 0.847. The highest BCUT2D eigenvalue weighted by atomic mass is 15.7. The van der Waals surface area contributed by atoms with E-state index in [1.54, 1.807) is 12.4 Å². The summed E-state index contributed by atoms with van der Waals surface area (Å²) in [5.74, 6) is 0.847. The van der Waals surface area contributed by atoms with Crippen LogP contribution in [0.25, 0.3) is 0 Å². The molecule has 0 fully saturated rings. The van der Waals surface area contributed by atoms with E-state index >= 15 is 0 Å². The lowest BCUT2D eigenvalue weighted by Crippen LogP contribution is -2.32. The van der Waals surface area contributed by atoms with Crippen LogP contribution >= 0.6 is 0 Å². The summed E-state index contributed by atoms with van der Waals surface area (Å²) in [5, 5.41) is 1.89. The number of aromatic nitrogens is 2. The van der Waals surface area contributed by atoms with Gasteiger partial charge in [0, 0.05) is 11.9 Å². The summed E-state index contributed by atoms with van der Waals surface area (Å²) < 4.78 is 0. The van der Waals surface area contributed by atoms with Gasteiger partial charge in [-0.05, 0) is 25.1 Å². The second-order valence-corrected chi connectivity index (χ2v) is 3.60. The Morgan fingerprint density at radius 1 is 1.25 bits per heavy atom. The molecule has 1 aliphatic rings.